The van der Waals surface area contributed by atoms with Gasteiger partial charge < -0.3 is 20.1 Å². The van der Waals surface area contributed by atoms with Crippen molar-refractivity contribution in [1.82, 2.24) is 10.2 Å². The lowest BCUT2D eigenvalue weighted by molar-refractivity contribution is -0.146. The highest BCUT2D eigenvalue weighted by Crippen LogP contribution is 2.22. The van der Waals surface area contributed by atoms with Crippen LogP contribution in [0.15, 0.2) is 30.3 Å². The Morgan fingerprint density at radius 2 is 2.05 bits per heavy atom. The number of methoxy groups -OCH3 is 1. The molecule has 0 radical (unpaired) electrons. The first kappa shape index (κ1) is 16.6. The molecule has 1 aromatic rings. The van der Waals surface area contributed by atoms with Crippen LogP contribution in [0.4, 0.5) is 0 Å². The van der Waals surface area contributed by atoms with Gasteiger partial charge >= 0.3 is 5.97 Å². The maximum Gasteiger partial charge on any atom is 0.329 e. The molecule has 1 unspecified atom stereocenters. The lowest BCUT2D eigenvalue weighted by atomic mass is 9.89. The van der Waals surface area contributed by atoms with Crippen LogP contribution in [0.5, 0.6) is 0 Å². The zero-order valence-electron chi connectivity index (χ0n) is 12.4. The van der Waals surface area contributed by atoms with Crippen LogP contribution in [0, 0.1) is 0 Å². The third-order valence-electron chi connectivity index (χ3n) is 3.45. The highest BCUT2D eigenvalue weighted by molar-refractivity contribution is 5.81. The molecular weight excluding hydrogens is 256 g/mol. The Balaban J connectivity index is 2.87. The lowest BCUT2D eigenvalue weighted by Crippen LogP contribution is -2.54. The number of hydrogen-bond acceptors (Lipinski definition) is 4. The van der Waals surface area contributed by atoms with Crippen LogP contribution in [-0.2, 0) is 15.1 Å². The molecule has 0 amide bonds. The van der Waals surface area contributed by atoms with Crippen molar-refractivity contribution in [3.63, 3.8) is 0 Å². The van der Waals surface area contributed by atoms with Crippen molar-refractivity contribution in [2.24, 2.45) is 0 Å². The first-order valence-corrected chi connectivity index (χ1v) is 6.72. The van der Waals surface area contributed by atoms with E-state index >= 15 is 0 Å². The summed E-state index contributed by atoms with van der Waals surface area (Å²) in [5, 5.41) is 12.7. The van der Waals surface area contributed by atoms with E-state index in [4.69, 9.17) is 4.74 Å². The summed E-state index contributed by atoms with van der Waals surface area (Å²) < 4.78 is 5.02. The first-order valence-electron chi connectivity index (χ1n) is 6.72. The fourth-order valence-corrected chi connectivity index (χ4v) is 2.30. The highest BCUT2D eigenvalue weighted by atomic mass is 16.5. The second-order valence-corrected chi connectivity index (χ2v) is 4.91. The SMILES string of the molecule is CNC(CN(C)CCCOC)(C(=O)O)c1ccccc1. The molecule has 20 heavy (non-hydrogen) atoms. The Morgan fingerprint density at radius 1 is 1.40 bits per heavy atom. The molecule has 0 fully saturated rings. The molecule has 5 heteroatoms. The van der Waals surface area contributed by atoms with Crippen LogP contribution in [0.25, 0.3) is 0 Å². The summed E-state index contributed by atoms with van der Waals surface area (Å²) in [4.78, 5) is 13.8. The second kappa shape index (κ2) is 7.99. The molecule has 0 aliphatic rings. The number of hydrogen-bond donors (Lipinski definition) is 2. The molecule has 1 aromatic carbocycles. The summed E-state index contributed by atoms with van der Waals surface area (Å²) in [6.07, 6.45) is 0.876. The third kappa shape index (κ3) is 4.03. The van der Waals surface area contributed by atoms with E-state index in [2.05, 4.69) is 5.32 Å². The number of aliphatic carboxylic acids is 1. The van der Waals surface area contributed by atoms with Gasteiger partial charge in [0.15, 0.2) is 5.54 Å². The Hall–Kier alpha value is -1.43. The first-order chi connectivity index (χ1) is 9.56. The quantitative estimate of drug-likeness (QED) is 0.665. The number of likely N-dealkylation sites (N-methyl/N-ethyl adjacent to an activating group) is 2. The predicted octanol–water partition coefficient (Wildman–Crippen LogP) is 1.15. The molecule has 0 saturated carbocycles. The molecule has 1 atom stereocenters. The van der Waals surface area contributed by atoms with Gasteiger partial charge in [-0.15, -0.1) is 0 Å². The topological polar surface area (TPSA) is 61.8 Å². The van der Waals surface area contributed by atoms with Crippen LogP contribution in [0.3, 0.4) is 0 Å². The maximum absolute atomic E-state index is 11.8. The van der Waals surface area contributed by atoms with Crippen molar-refractivity contribution in [2.45, 2.75) is 12.0 Å². The summed E-state index contributed by atoms with van der Waals surface area (Å²) in [6, 6.07) is 9.28. The predicted molar refractivity (Wildman–Crippen MR) is 78.8 cm³/mol. The van der Waals surface area contributed by atoms with E-state index in [-0.39, 0.29) is 0 Å². The molecule has 5 nitrogen and oxygen atoms in total. The average molecular weight is 280 g/mol. The van der Waals surface area contributed by atoms with Gasteiger partial charge in [-0.05, 0) is 26.1 Å². The Kier molecular flexibility index (Phi) is 6.64. The number of carbonyl (C=O) groups is 1. The molecule has 0 heterocycles. The van der Waals surface area contributed by atoms with E-state index in [1.807, 2.05) is 42.3 Å². The van der Waals surface area contributed by atoms with Gasteiger partial charge in [-0.25, -0.2) is 4.79 Å². The van der Waals surface area contributed by atoms with Gasteiger partial charge in [-0.2, -0.15) is 0 Å². The summed E-state index contributed by atoms with van der Waals surface area (Å²) >= 11 is 0. The fraction of sp³-hybridized carbons (Fsp3) is 0.533. The van der Waals surface area contributed by atoms with Crippen molar-refractivity contribution < 1.29 is 14.6 Å². The summed E-state index contributed by atoms with van der Waals surface area (Å²) in [7, 11) is 5.27. The van der Waals surface area contributed by atoms with Crippen LogP contribution in [0.2, 0.25) is 0 Å². The number of nitrogens with one attached hydrogen (secondary N) is 1. The Bertz CT molecular complexity index is 411. The minimum Gasteiger partial charge on any atom is -0.480 e. The summed E-state index contributed by atoms with van der Waals surface area (Å²) in [5.41, 5.74) is -0.336. The van der Waals surface area contributed by atoms with Gasteiger partial charge in [-0.1, -0.05) is 30.3 Å². The minimum absolute atomic E-state index is 0.395. The minimum atomic E-state index is -1.09. The summed E-state index contributed by atoms with van der Waals surface area (Å²) in [6.45, 7) is 1.86. The number of nitrogens with zero attached hydrogens (tertiary/aromatic N) is 1. The number of benzene rings is 1. The highest BCUT2D eigenvalue weighted by Gasteiger charge is 2.39. The van der Waals surface area contributed by atoms with E-state index in [1.165, 1.54) is 0 Å². The Morgan fingerprint density at radius 3 is 2.55 bits per heavy atom. The second-order valence-electron chi connectivity index (χ2n) is 4.91. The van der Waals surface area contributed by atoms with Crippen molar-refractivity contribution in [3.05, 3.63) is 35.9 Å². The van der Waals surface area contributed by atoms with Crippen molar-refractivity contribution in [3.8, 4) is 0 Å². The molecule has 0 spiro atoms. The number of carboxylic acid groups (broad SMARTS) is 1. The van der Waals surface area contributed by atoms with Crippen molar-refractivity contribution in [1.29, 1.82) is 0 Å². The normalized spacial score (nSPS) is 14.2. The van der Waals surface area contributed by atoms with E-state index < -0.39 is 11.5 Å². The van der Waals surface area contributed by atoms with E-state index in [1.54, 1.807) is 14.2 Å². The Labute approximate surface area is 120 Å². The smallest absolute Gasteiger partial charge is 0.329 e. The molecule has 1 rings (SSSR count). The van der Waals surface area contributed by atoms with Gasteiger partial charge in [0.25, 0.3) is 0 Å². The van der Waals surface area contributed by atoms with Crippen molar-refractivity contribution >= 4 is 5.97 Å². The molecule has 0 bridgehead atoms. The van der Waals surface area contributed by atoms with Crippen LogP contribution in [-0.4, -0.2) is 56.9 Å². The zero-order chi connectivity index (χ0) is 15.0. The largest absolute Gasteiger partial charge is 0.480 e. The van der Waals surface area contributed by atoms with E-state index in [0.717, 1.165) is 18.5 Å². The molecule has 0 aliphatic heterocycles. The number of rotatable bonds is 9. The zero-order valence-corrected chi connectivity index (χ0v) is 12.4. The average Bonchev–Trinajstić information content (AvgIpc) is 2.45. The van der Waals surface area contributed by atoms with E-state index in [9.17, 15) is 9.90 Å². The van der Waals surface area contributed by atoms with E-state index in [0.29, 0.717) is 13.2 Å². The monoisotopic (exact) mass is 280 g/mol. The molecule has 0 aromatic heterocycles. The third-order valence-corrected chi connectivity index (χ3v) is 3.45. The van der Waals surface area contributed by atoms with Crippen LogP contribution in [0.1, 0.15) is 12.0 Å². The van der Waals surface area contributed by atoms with Gasteiger partial charge in [-0.3, -0.25) is 0 Å². The molecule has 0 aliphatic carbocycles. The lowest BCUT2D eigenvalue weighted by Gasteiger charge is -2.33. The standard InChI is InChI=1S/C15H24N2O3/c1-16-15(14(18)19,13-8-5-4-6-9-13)12-17(2)10-7-11-20-3/h4-6,8-9,16H,7,10-12H2,1-3H3,(H,18,19). The van der Waals surface area contributed by atoms with Gasteiger partial charge in [0, 0.05) is 26.8 Å². The molecule has 112 valence electrons. The number of ether oxygens (including phenoxy) is 1. The maximum atomic E-state index is 11.8. The molecule has 2 N–H and O–H groups in total. The van der Waals surface area contributed by atoms with Gasteiger partial charge in [0.1, 0.15) is 0 Å². The number of carboxylic acids is 1. The molecular formula is C15H24N2O3. The molecule has 0 saturated heterocycles. The van der Waals surface area contributed by atoms with Crippen LogP contribution < -0.4 is 5.32 Å². The van der Waals surface area contributed by atoms with Crippen LogP contribution >= 0.6 is 0 Å². The fourth-order valence-electron chi connectivity index (χ4n) is 2.30. The van der Waals surface area contributed by atoms with Gasteiger partial charge in [0.05, 0.1) is 0 Å². The van der Waals surface area contributed by atoms with Crippen molar-refractivity contribution in [2.75, 3.05) is 40.9 Å². The van der Waals surface area contributed by atoms with Gasteiger partial charge in [0.2, 0.25) is 0 Å². The summed E-state index contributed by atoms with van der Waals surface area (Å²) in [5.74, 6) is -0.871.